The molecule has 0 saturated carbocycles. The molecular weight excluding hydrogens is 572 g/mol. The van der Waals surface area contributed by atoms with Gasteiger partial charge in [-0.05, 0) is 60.5 Å². The molecule has 0 radical (unpaired) electrons. The Balaban J connectivity index is 2.65. The van der Waals surface area contributed by atoms with Gasteiger partial charge in [0.2, 0.25) is 0 Å². The molecule has 2 aliphatic rings. The molecule has 3 N–H and O–H groups in total. The van der Waals surface area contributed by atoms with Gasteiger partial charge in [0.05, 0.1) is 23.9 Å². The fraction of sp³-hybridized carbons (Fsp3) is 0.875. The number of rotatable bonds is 8. The van der Waals surface area contributed by atoms with Crippen molar-refractivity contribution in [1.82, 2.24) is 4.90 Å². The van der Waals surface area contributed by atoms with Crippen molar-refractivity contribution in [2.24, 2.45) is 29.4 Å². The van der Waals surface area contributed by atoms with Crippen LogP contribution in [0.1, 0.15) is 81.6 Å². The molecule has 2 aliphatic heterocycles. The van der Waals surface area contributed by atoms with E-state index in [1.807, 2.05) is 25.8 Å². The number of carbonyl (C=O) groups is 4. The first kappa shape index (κ1) is 38.2. The SMILES string of the molecule is CC[C@H]1OC(=O)[C@H](C)C(=O)[C@H](C)[C@@H](O[C@@H]2O[C@H](C)C[C@H](N(C)CC)[C@H]2O)[C@](C)(OC)C[C@@H](C)C(=O)[C@H](C)[C@@H](N)[C@]1(C)OC=O. The van der Waals surface area contributed by atoms with Crippen LogP contribution in [0.3, 0.4) is 0 Å². The Hall–Kier alpha value is -1.96. The van der Waals surface area contributed by atoms with E-state index in [9.17, 15) is 24.3 Å². The molecule has 12 heteroatoms. The quantitative estimate of drug-likeness (QED) is 0.229. The molecular formula is C32H56N2O10. The van der Waals surface area contributed by atoms with Crippen molar-refractivity contribution in [3.8, 4) is 0 Å². The van der Waals surface area contributed by atoms with E-state index in [1.165, 1.54) is 21.0 Å². The Morgan fingerprint density at radius 2 is 1.68 bits per heavy atom. The van der Waals surface area contributed by atoms with Crippen LogP contribution in [0.5, 0.6) is 0 Å². The van der Waals surface area contributed by atoms with E-state index in [0.29, 0.717) is 13.0 Å². The minimum atomic E-state index is -1.54. The molecule has 0 spiro atoms. The van der Waals surface area contributed by atoms with Crippen molar-refractivity contribution in [2.75, 3.05) is 20.7 Å². The minimum Gasteiger partial charge on any atom is -0.458 e. The lowest BCUT2D eigenvalue weighted by molar-refractivity contribution is -0.296. The van der Waals surface area contributed by atoms with Gasteiger partial charge in [0.15, 0.2) is 17.7 Å². The maximum Gasteiger partial charge on any atom is 0.316 e. The molecule has 2 rings (SSSR count). The summed E-state index contributed by atoms with van der Waals surface area (Å²) in [6.07, 6.45) is -3.50. The number of Topliss-reactive ketones (excluding diaryl/α,β-unsaturated/α-hetero) is 2. The van der Waals surface area contributed by atoms with Crippen LogP contribution in [0.25, 0.3) is 0 Å². The number of aliphatic hydroxyl groups is 1. The van der Waals surface area contributed by atoms with Crippen molar-refractivity contribution >= 4 is 24.0 Å². The van der Waals surface area contributed by atoms with Gasteiger partial charge in [-0.25, -0.2) is 0 Å². The summed E-state index contributed by atoms with van der Waals surface area (Å²) in [4.78, 5) is 54.9. The minimum absolute atomic E-state index is 0.125. The molecule has 0 bridgehead atoms. The molecule has 13 atom stereocenters. The second-order valence-electron chi connectivity index (χ2n) is 13.2. The average Bonchev–Trinajstić information content (AvgIpc) is 3.00. The van der Waals surface area contributed by atoms with Crippen LogP contribution < -0.4 is 5.73 Å². The number of ether oxygens (including phenoxy) is 5. The molecule has 0 aromatic heterocycles. The number of nitrogens with two attached hydrogens (primary N) is 1. The van der Waals surface area contributed by atoms with Crippen LogP contribution in [0.15, 0.2) is 0 Å². The summed E-state index contributed by atoms with van der Waals surface area (Å²) in [5, 5.41) is 11.4. The molecule has 2 fully saturated rings. The van der Waals surface area contributed by atoms with E-state index in [0.717, 1.165) is 0 Å². The van der Waals surface area contributed by atoms with Crippen molar-refractivity contribution in [3.63, 3.8) is 0 Å². The average molecular weight is 629 g/mol. The number of nitrogens with zero attached hydrogens (tertiary/aromatic N) is 1. The summed E-state index contributed by atoms with van der Waals surface area (Å²) >= 11 is 0. The molecule has 0 aromatic rings. The van der Waals surface area contributed by atoms with Crippen molar-refractivity contribution in [1.29, 1.82) is 0 Å². The Morgan fingerprint density at radius 3 is 2.20 bits per heavy atom. The van der Waals surface area contributed by atoms with Gasteiger partial charge >= 0.3 is 5.97 Å². The topological polar surface area (TPSA) is 164 Å². The second-order valence-corrected chi connectivity index (χ2v) is 13.2. The van der Waals surface area contributed by atoms with Gasteiger partial charge in [0, 0.05) is 30.9 Å². The molecule has 0 amide bonds. The Morgan fingerprint density at radius 1 is 1.07 bits per heavy atom. The van der Waals surface area contributed by atoms with Crippen LogP contribution in [-0.4, -0.2) is 109 Å². The number of likely N-dealkylation sites (N-methyl/N-ethyl adjacent to an activating group) is 1. The molecule has 44 heavy (non-hydrogen) atoms. The fourth-order valence-electron chi connectivity index (χ4n) is 6.88. The number of ketones is 2. The van der Waals surface area contributed by atoms with E-state index >= 15 is 0 Å². The summed E-state index contributed by atoms with van der Waals surface area (Å²) in [5.74, 6) is -5.14. The van der Waals surface area contributed by atoms with Gasteiger partial charge in [0.1, 0.15) is 23.9 Å². The molecule has 254 valence electrons. The smallest absolute Gasteiger partial charge is 0.316 e. The van der Waals surface area contributed by atoms with E-state index in [2.05, 4.69) is 0 Å². The summed E-state index contributed by atoms with van der Waals surface area (Å²) in [6.45, 7) is 16.3. The van der Waals surface area contributed by atoms with Gasteiger partial charge in [-0.15, -0.1) is 0 Å². The third kappa shape index (κ3) is 7.87. The zero-order chi connectivity index (χ0) is 33.7. The van der Waals surface area contributed by atoms with Gasteiger partial charge in [-0.3, -0.25) is 19.2 Å². The highest BCUT2D eigenvalue weighted by molar-refractivity contribution is 6.00. The summed E-state index contributed by atoms with van der Waals surface area (Å²) in [6, 6.07) is -1.29. The van der Waals surface area contributed by atoms with Crippen molar-refractivity contribution in [2.45, 2.75) is 136 Å². The molecule has 12 nitrogen and oxygen atoms in total. The van der Waals surface area contributed by atoms with Crippen LogP contribution in [0, 0.1) is 23.7 Å². The normalized spacial score (nSPS) is 43.3. The first-order valence-corrected chi connectivity index (χ1v) is 15.8. The largest absolute Gasteiger partial charge is 0.458 e. The van der Waals surface area contributed by atoms with Crippen LogP contribution in [0.2, 0.25) is 0 Å². The Labute approximate surface area is 262 Å². The third-order valence-electron chi connectivity index (χ3n) is 10.1. The number of aliphatic hydroxyl groups excluding tert-OH is 1. The van der Waals surface area contributed by atoms with E-state index in [4.69, 9.17) is 29.4 Å². The number of cyclic esters (lactones) is 1. The highest BCUT2D eigenvalue weighted by Crippen LogP contribution is 2.38. The maximum atomic E-state index is 14.0. The van der Waals surface area contributed by atoms with Gasteiger partial charge in [-0.2, -0.15) is 0 Å². The molecule has 0 unspecified atom stereocenters. The zero-order valence-corrected chi connectivity index (χ0v) is 28.4. The monoisotopic (exact) mass is 628 g/mol. The van der Waals surface area contributed by atoms with E-state index in [-0.39, 0.29) is 37.2 Å². The molecule has 0 aliphatic carbocycles. The lowest BCUT2D eigenvalue weighted by atomic mass is 9.73. The van der Waals surface area contributed by atoms with Gasteiger partial charge in [-0.1, -0.05) is 34.6 Å². The Bertz CT molecular complexity index is 1010. The maximum absolute atomic E-state index is 14.0. The van der Waals surface area contributed by atoms with Crippen molar-refractivity contribution < 1.29 is 48.0 Å². The molecule has 2 saturated heterocycles. The summed E-state index contributed by atoms with van der Waals surface area (Å²) in [7, 11) is 3.38. The zero-order valence-electron chi connectivity index (χ0n) is 28.4. The van der Waals surface area contributed by atoms with Gasteiger partial charge < -0.3 is 39.4 Å². The number of hydrogen-bond donors (Lipinski definition) is 2. The van der Waals surface area contributed by atoms with Crippen LogP contribution in [-0.2, 0) is 42.9 Å². The molecule has 2 heterocycles. The van der Waals surface area contributed by atoms with Crippen LogP contribution >= 0.6 is 0 Å². The Kier molecular flexibility index (Phi) is 13.5. The highest BCUT2D eigenvalue weighted by atomic mass is 16.7. The highest BCUT2D eigenvalue weighted by Gasteiger charge is 2.52. The lowest BCUT2D eigenvalue weighted by Crippen LogP contribution is -2.62. The number of esters is 1. The van der Waals surface area contributed by atoms with Crippen molar-refractivity contribution in [3.05, 3.63) is 0 Å². The number of carbonyl (C=O) groups excluding carboxylic acids is 4. The first-order chi connectivity index (χ1) is 20.4. The van der Waals surface area contributed by atoms with Gasteiger partial charge in [0.25, 0.3) is 6.47 Å². The third-order valence-corrected chi connectivity index (χ3v) is 10.1. The predicted octanol–water partition coefficient (Wildman–Crippen LogP) is 2.26. The molecule has 0 aromatic carbocycles. The second kappa shape index (κ2) is 15.6. The standard InChI is InChI=1S/C32H56N2O10/c1-12-23-32(9,41-16-35)27(33)19(5)24(36)17(3)15-31(8,40-11)28(20(6)25(37)21(7)29(39)43-23)44-30-26(38)22(34(10)13-2)14-18(4)42-30/h16-23,26-28,30,38H,12-15,33H2,1-11H3/t17-,18-,19+,20+,21-,22+,23-,26-,27-,28-,30+,31-,32-/m1/s1. The number of hydrogen-bond acceptors (Lipinski definition) is 12. The van der Waals surface area contributed by atoms with Crippen LogP contribution in [0.4, 0.5) is 0 Å². The predicted molar refractivity (Wildman–Crippen MR) is 162 cm³/mol. The van der Waals surface area contributed by atoms with E-state index < -0.39 is 77.3 Å². The fourth-order valence-corrected chi connectivity index (χ4v) is 6.88. The summed E-state index contributed by atoms with van der Waals surface area (Å²) in [5.41, 5.74) is 3.82. The van der Waals surface area contributed by atoms with E-state index in [1.54, 1.807) is 34.6 Å². The lowest BCUT2D eigenvalue weighted by Gasteiger charge is -2.47. The summed E-state index contributed by atoms with van der Waals surface area (Å²) < 4.78 is 29.9. The first-order valence-electron chi connectivity index (χ1n) is 15.8. The number of methoxy groups -OCH3 is 1.